The molecule has 0 amide bonds. The monoisotopic (exact) mass is 318 g/mol. The smallest absolute Gasteiger partial charge is 0.139 e. The van der Waals surface area contributed by atoms with Crippen molar-refractivity contribution in [3.05, 3.63) is 27.7 Å². The summed E-state index contributed by atoms with van der Waals surface area (Å²) >= 11 is 9.43. The van der Waals surface area contributed by atoms with E-state index in [1.165, 1.54) is 12.8 Å². The van der Waals surface area contributed by atoms with Crippen LogP contribution in [0.3, 0.4) is 0 Å². The first-order valence-electron chi connectivity index (χ1n) is 5.95. The van der Waals surface area contributed by atoms with Crippen molar-refractivity contribution in [3.63, 3.8) is 0 Å². The van der Waals surface area contributed by atoms with Gasteiger partial charge in [0.15, 0.2) is 0 Å². The van der Waals surface area contributed by atoms with Gasteiger partial charge in [-0.05, 0) is 43.9 Å². The van der Waals surface area contributed by atoms with Gasteiger partial charge in [0.1, 0.15) is 5.75 Å². The van der Waals surface area contributed by atoms with E-state index in [9.17, 15) is 0 Å². The fraction of sp³-hybridized carbons (Fsp3) is 0.538. The van der Waals surface area contributed by atoms with Crippen molar-refractivity contribution in [1.29, 1.82) is 0 Å². The molecular formula is C13H16BrClO2. The molecular weight excluding hydrogens is 303 g/mol. The zero-order valence-electron chi connectivity index (χ0n) is 9.62. The maximum absolute atomic E-state index is 6.03. The SMILES string of the molecule is Clc1ccc(Br)cc1OCCCC1CCCO1. The molecule has 2 nitrogen and oxygen atoms in total. The first kappa shape index (κ1) is 13.2. The van der Waals surface area contributed by atoms with Crippen LogP contribution in [0.1, 0.15) is 25.7 Å². The highest BCUT2D eigenvalue weighted by Crippen LogP contribution is 2.28. The minimum atomic E-state index is 0.441. The fourth-order valence-corrected chi connectivity index (χ4v) is 2.47. The molecule has 0 aliphatic carbocycles. The van der Waals surface area contributed by atoms with Crippen LogP contribution in [0.2, 0.25) is 5.02 Å². The molecule has 1 fully saturated rings. The second-order valence-electron chi connectivity index (χ2n) is 4.20. The lowest BCUT2D eigenvalue weighted by atomic mass is 10.1. The van der Waals surface area contributed by atoms with Crippen molar-refractivity contribution in [3.8, 4) is 5.75 Å². The number of ether oxygens (including phenoxy) is 2. The van der Waals surface area contributed by atoms with Gasteiger partial charge in [-0.2, -0.15) is 0 Å². The van der Waals surface area contributed by atoms with Gasteiger partial charge in [-0.25, -0.2) is 0 Å². The third-order valence-corrected chi connectivity index (χ3v) is 3.65. The van der Waals surface area contributed by atoms with Crippen molar-refractivity contribution in [2.45, 2.75) is 31.8 Å². The normalized spacial score (nSPS) is 19.5. The Morgan fingerprint density at radius 1 is 1.47 bits per heavy atom. The molecule has 1 atom stereocenters. The van der Waals surface area contributed by atoms with E-state index in [0.29, 0.717) is 17.7 Å². The largest absolute Gasteiger partial charge is 0.492 e. The average Bonchev–Trinajstić information content (AvgIpc) is 2.82. The Balaban J connectivity index is 1.72. The zero-order chi connectivity index (χ0) is 12.1. The number of hydrogen-bond acceptors (Lipinski definition) is 2. The molecule has 1 heterocycles. The molecule has 0 bridgehead atoms. The van der Waals surface area contributed by atoms with E-state index >= 15 is 0 Å². The molecule has 1 saturated heterocycles. The Morgan fingerprint density at radius 3 is 3.12 bits per heavy atom. The van der Waals surface area contributed by atoms with Crippen LogP contribution in [0.5, 0.6) is 5.75 Å². The maximum Gasteiger partial charge on any atom is 0.139 e. The molecule has 0 aromatic heterocycles. The average molecular weight is 320 g/mol. The highest BCUT2D eigenvalue weighted by atomic mass is 79.9. The summed E-state index contributed by atoms with van der Waals surface area (Å²) in [6.07, 6.45) is 4.91. The van der Waals surface area contributed by atoms with Gasteiger partial charge in [0.25, 0.3) is 0 Å². The molecule has 4 heteroatoms. The zero-order valence-corrected chi connectivity index (χ0v) is 12.0. The summed E-state index contributed by atoms with van der Waals surface area (Å²) in [6.45, 7) is 1.61. The van der Waals surface area contributed by atoms with Gasteiger partial charge in [-0.3, -0.25) is 0 Å². The second kappa shape index (κ2) is 6.62. The van der Waals surface area contributed by atoms with Gasteiger partial charge >= 0.3 is 0 Å². The molecule has 0 spiro atoms. The molecule has 0 saturated carbocycles. The molecule has 0 radical (unpaired) electrons. The highest BCUT2D eigenvalue weighted by Gasteiger charge is 2.14. The Kier molecular flexibility index (Phi) is 5.14. The Hall–Kier alpha value is -0.250. The van der Waals surface area contributed by atoms with Crippen LogP contribution in [0, 0.1) is 0 Å². The van der Waals surface area contributed by atoms with Crippen LogP contribution in [0.25, 0.3) is 0 Å². The van der Waals surface area contributed by atoms with E-state index < -0.39 is 0 Å². The van der Waals surface area contributed by atoms with E-state index in [2.05, 4.69) is 15.9 Å². The number of rotatable bonds is 5. The Bertz CT molecular complexity index is 364. The molecule has 1 aliphatic rings. The number of hydrogen-bond donors (Lipinski definition) is 0. The van der Waals surface area contributed by atoms with Crippen molar-refractivity contribution in [1.82, 2.24) is 0 Å². The third-order valence-electron chi connectivity index (χ3n) is 2.85. The molecule has 1 unspecified atom stereocenters. The predicted molar refractivity (Wildman–Crippen MR) is 72.9 cm³/mol. The molecule has 2 rings (SSSR count). The van der Waals surface area contributed by atoms with E-state index in [4.69, 9.17) is 21.1 Å². The molecule has 0 N–H and O–H groups in total. The summed E-state index contributed by atoms with van der Waals surface area (Å²) in [6, 6.07) is 5.64. The summed E-state index contributed by atoms with van der Waals surface area (Å²) in [5.74, 6) is 0.744. The summed E-state index contributed by atoms with van der Waals surface area (Å²) < 4.78 is 12.2. The third kappa shape index (κ3) is 4.16. The predicted octanol–water partition coefficient (Wildman–Crippen LogP) is 4.44. The Morgan fingerprint density at radius 2 is 2.35 bits per heavy atom. The van der Waals surface area contributed by atoms with E-state index in [0.717, 1.165) is 29.7 Å². The van der Waals surface area contributed by atoms with Gasteiger partial charge in [0.2, 0.25) is 0 Å². The lowest BCUT2D eigenvalue weighted by Crippen LogP contribution is -2.07. The van der Waals surface area contributed by atoms with Crippen LogP contribution in [-0.2, 0) is 4.74 Å². The topological polar surface area (TPSA) is 18.5 Å². The standard InChI is InChI=1S/C13H16BrClO2/c14-10-5-6-12(15)13(9-10)17-8-2-4-11-3-1-7-16-11/h5-6,9,11H,1-4,7-8H2. The van der Waals surface area contributed by atoms with Crippen LogP contribution < -0.4 is 4.74 Å². The molecule has 1 aromatic carbocycles. The fourth-order valence-electron chi connectivity index (χ4n) is 1.95. The maximum atomic E-state index is 6.03. The van der Waals surface area contributed by atoms with Gasteiger partial charge < -0.3 is 9.47 Å². The number of benzene rings is 1. The van der Waals surface area contributed by atoms with Gasteiger partial charge in [-0.15, -0.1) is 0 Å². The van der Waals surface area contributed by atoms with E-state index in [1.54, 1.807) is 0 Å². The summed E-state index contributed by atoms with van der Waals surface area (Å²) in [5, 5.41) is 0.658. The van der Waals surface area contributed by atoms with Gasteiger partial charge in [0.05, 0.1) is 17.7 Å². The first-order chi connectivity index (χ1) is 8.25. The molecule has 17 heavy (non-hydrogen) atoms. The number of halogens is 2. The lowest BCUT2D eigenvalue weighted by molar-refractivity contribution is 0.0981. The minimum Gasteiger partial charge on any atom is -0.492 e. The van der Waals surface area contributed by atoms with Crippen LogP contribution >= 0.6 is 27.5 Å². The quantitative estimate of drug-likeness (QED) is 0.747. The summed E-state index contributed by atoms with van der Waals surface area (Å²) in [7, 11) is 0. The second-order valence-corrected chi connectivity index (χ2v) is 5.52. The van der Waals surface area contributed by atoms with Gasteiger partial charge in [-0.1, -0.05) is 27.5 Å². The summed E-state index contributed by atoms with van der Waals surface area (Å²) in [4.78, 5) is 0. The van der Waals surface area contributed by atoms with Crippen molar-refractivity contribution in [2.75, 3.05) is 13.2 Å². The highest BCUT2D eigenvalue weighted by molar-refractivity contribution is 9.10. The minimum absolute atomic E-state index is 0.441. The summed E-state index contributed by atoms with van der Waals surface area (Å²) in [5.41, 5.74) is 0. The lowest BCUT2D eigenvalue weighted by Gasteiger charge is -2.11. The Labute approximate surface area is 115 Å². The van der Waals surface area contributed by atoms with Crippen LogP contribution in [0.15, 0.2) is 22.7 Å². The molecule has 1 aromatic rings. The van der Waals surface area contributed by atoms with E-state index in [-0.39, 0.29) is 0 Å². The first-order valence-corrected chi connectivity index (χ1v) is 7.12. The molecule has 94 valence electrons. The van der Waals surface area contributed by atoms with Crippen molar-refractivity contribution in [2.24, 2.45) is 0 Å². The van der Waals surface area contributed by atoms with Crippen LogP contribution in [-0.4, -0.2) is 19.3 Å². The van der Waals surface area contributed by atoms with Crippen molar-refractivity contribution >= 4 is 27.5 Å². The van der Waals surface area contributed by atoms with E-state index in [1.807, 2.05) is 18.2 Å². The van der Waals surface area contributed by atoms with Crippen LogP contribution in [0.4, 0.5) is 0 Å². The van der Waals surface area contributed by atoms with Crippen molar-refractivity contribution < 1.29 is 9.47 Å². The molecule has 1 aliphatic heterocycles. The van der Waals surface area contributed by atoms with Gasteiger partial charge in [0, 0.05) is 11.1 Å².